The van der Waals surface area contributed by atoms with Gasteiger partial charge in [0.05, 0.1) is 18.6 Å². The van der Waals surface area contributed by atoms with E-state index in [1.807, 2.05) is 6.92 Å². The van der Waals surface area contributed by atoms with E-state index in [9.17, 15) is 14.9 Å². The van der Waals surface area contributed by atoms with Crippen LogP contribution in [0.4, 0.5) is 5.69 Å². The number of nitrogens with zero attached hydrogens (tertiary/aromatic N) is 2. The zero-order valence-electron chi connectivity index (χ0n) is 13.1. The Bertz CT molecular complexity index is 715. The topological polar surface area (TPSA) is 72.7 Å². The number of hydrogen-bond acceptors (Lipinski definition) is 4. The number of rotatable bonds is 6. The number of carbonyl (C=O) groups excluding carboxylic acids is 1. The van der Waals surface area contributed by atoms with Crippen molar-refractivity contribution in [3.63, 3.8) is 0 Å². The summed E-state index contributed by atoms with van der Waals surface area (Å²) in [5.74, 6) is 0.405. The Balaban J connectivity index is 2.26. The van der Waals surface area contributed by atoms with E-state index in [0.29, 0.717) is 23.4 Å². The smallest absolute Gasteiger partial charge is 0.274 e. The zero-order valence-corrected chi connectivity index (χ0v) is 13.1. The number of methoxy groups -OCH3 is 1. The highest BCUT2D eigenvalue weighted by molar-refractivity contribution is 5.94. The van der Waals surface area contributed by atoms with E-state index in [1.165, 1.54) is 13.2 Å². The molecule has 0 spiro atoms. The Morgan fingerprint density at radius 1 is 1.22 bits per heavy atom. The van der Waals surface area contributed by atoms with Gasteiger partial charge in [-0.3, -0.25) is 14.9 Å². The minimum absolute atomic E-state index is 0.0180. The van der Waals surface area contributed by atoms with E-state index < -0.39 is 4.92 Å². The van der Waals surface area contributed by atoms with Gasteiger partial charge in [0.1, 0.15) is 5.75 Å². The number of carbonyl (C=O) groups is 1. The molecule has 0 saturated carbocycles. The summed E-state index contributed by atoms with van der Waals surface area (Å²) in [6.45, 7) is 2.47. The fourth-order valence-corrected chi connectivity index (χ4v) is 2.29. The number of ether oxygens (including phenoxy) is 1. The second-order valence-electron chi connectivity index (χ2n) is 4.94. The lowest BCUT2D eigenvalue weighted by atomic mass is 10.1. The fraction of sp³-hybridized carbons (Fsp3) is 0.235. The average molecular weight is 314 g/mol. The summed E-state index contributed by atoms with van der Waals surface area (Å²) in [6.07, 6.45) is 0. The minimum Gasteiger partial charge on any atom is -0.497 e. The molecular formula is C17H18N2O4. The molecule has 0 radical (unpaired) electrons. The van der Waals surface area contributed by atoms with Crippen molar-refractivity contribution in [2.45, 2.75) is 13.5 Å². The van der Waals surface area contributed by atoms with Crippen molar-refractivity contribution in [1.29, 1.82) is 0 Å². The monoisotopic (exact) mass is 314 g/mol. The number of amides is 1. The molecule has 0 saturated heterocycles. The highest BCUT2D eigenvalue weighted by atomic mass is 16.6. The van der Waals surface area contributed by atoms with Crippen LogP contribution in [0.15, 0.2) is 48.5 Å². The maximum atomic E-state index is 12.6. The van der Waals surface area contributed by atoms with Crippen LogP contribution in [-0.4, -0.2) is 29.4 Å². The summed E-state index contributed by atoms with van der Waals surface area (Å²) in [4.78, 5) is 24.9. The van der Waals surface area contributed by atoms with E-state index in [-0.39, 0.29) is 18.1 Å². The predicted molar refractivity (Wildman–Crippen MR) is 86.5 cm³/mol. The molecule has 0 aromatic heterocycles. The van der Waals surface area contributed by atoms with Crippen LogP contribution < -0.4 is 4.74 Å². The van der Waals surface area contributed by atoms with Crippen molar-refractivity contribution in [2.75, 3.05) is 13.7 Å². The van der Waals surface area contributed by atoms with Gasteiger partial charge in [0.25, 0.3) is 11.6 Å². The third kappa shape index (κ3) is 3.85. The van der Waals surface area contributed by atoms with Gasteiger partial charge in [0.15, 0.2) is 0 Å². The molecule has 0 aliphatic rings. The van der Waals surface area contributed by atoms with Crippen molar-refractivity contribution in [1.82, 2.24) is 4.90 Å². The zero-order chi connectivity index (χ0) is 16.8. The molecule has 0 aliphatic carbocycles. The summed E-state index contributed by atoms with van der Waals surface area (Å²) in [5.41, 5.74) is 1.02. The van der Waals surface area contributed by atoms with E-state index in [0.717, 1.165) is 0 Å². The second-order valence-corrected chi connectivity index (χ2v) is 4.94. The van der Waals surface area contributed by atoms with Crippen LogP contribution in [-0.2, 0) is 6.54 Å². The lowest BCUT2D eigenvalue weighted by Gasteiger charge is -2.21. The summed E-state index contributed by atoms with van der Waals surface area (Å²) in [5, 5.41) is 11.1. The van der Waals surface area contributed by atoms with Crippen LogP contribution in [0.2, 0.25) is 0 Å². The molecule has 6 heteroatoms. The Kier molecular flexibility index (Phi) is 5.30. The van der Waals surface area contributed by atoms with Gasteiger partial charge in [-0.05, 0) is 25.1 Å². The van der Waals surface area contributed by atoms with Crippen LogP contribution in [0.1, 0.15) is 22.8 Å². The van der Waals surface area contributed by atoms with E-state index in [1.54, 1.807) is 47.4 Å². The molecule has 2 aromatic carbocycles. The molecular weight excluding hydrogens is 296 g/mol. The second kappa shape index (κ2) is 7.40. The van der Waals surface area contributed by atoms with Gasteiger partial charge < -0.3 is 9.64 Å². The maximum Gasteiger partial charge on any atom is 0.274 e. The lowest BCUT2D eigenvalue weighted by Crippen LogP contribution is -2.30. The first kappa shape index (κ1) is 16.5. The van der Waals surface area contributed by atoms with Gasteiger partial charge >= 0.3 is 0 Å². The highest BCUT2D eigenvalue weighted by Crippen LogP contribution is 2.21. The number of para-hydroxylation sites is 1. The first-order chi connectivity index (χ1) is 11.1. The van der Waals surface area contributed by atoms with E-state index >= 15 is 0 Å². The van der Waals surface area contributed by atoms with Gasteiger partial charge in [-0.2, -0.15) is 0 Å². The molecule has 23 heavy (non-hydrogen) atoms. The third-order valence-electron chi connectivity index (χ3n) is 3.54. The van der Waals surface area contributed by atoms with Crippen LogP contribution >= 0.6 is 0 Å². The predicted octanol–water partition coefficient (Wildman–Crippen LogP) is 3.27. The molecule has 0 heterocycles. The number of hydrogen-bond donors (Lipinski definition) is 0. The van der Waals surface area contributed by atoms with Crippen LogP contribution in [0.25, 0.3) is 0 Å². The van der Waals surface area contributed by atoms with Gasteiger partial charge in [0.2, 0.25) is 0 Å². The van der Waals surface area contributed by atoms with E-state index in [4.69, 9.17) is 4.74 Å². The maximum absolute atomic E-state index is 12.6. The van der Waals surface area contributed by atoms with Crippen molar-refractivity contribution >= 4 is 11.6 Å². The van der Waals surface area contributed by atoms with Gasteiger partial charge in [-0.15, -0.1) is 0 Å². The van der Waals surface area contributed by atoms with Crippen molar-refractivity contribution in [3.05, 3.63) is 69.8 Å². The molecule has 0 N–H and O–H groups in total. The van der Waals surface area contributed by atoms with Crippen LogP contribution in [0.3, 0.4) is 0 Å². The molecule has 2 aromatic rings. The number of nitro benzene ring substituents is 1. The third-order valence-corrected chi connectivity index (χ3v) is 3.54. The van der Waals surface area contributed by atoms with Crippen molar-refractivity contribution < 1.29 is 14.5 Å². The number of benzene rings is 2. The summed E-state index contributed by atoms with van der Waals surface area (Å²) in [7, 11) is 1.54. The molecule has 0 aliphatic heterocycles. The van der Waals surface area contributed by atoms with Gasteiger partial charge in [-0.1, -0.05) is 24.3 Å². The molecule has 1 amide bonds. The van der Waals surface area contributed by atoms with Crippen LogP contribution in [0.5, 0.6) is 5.75 Å². The number of nitro groups is 1. The Labute approximate surface area is 134 Å². The Morgan fingerprint density at radius 3 is 2.61 bits per heavy atom. The summed E-state index contributed by atoms with van der Waals surface area (Å²) < 4.78 is 5.13. The molecule has 2 rings (SSSR count). The normalized spacial score (nSPS) is 10.2. The van der Waals surface area contributed by atoms with Crippen molar-refractivity contribution in [3.8, 4) is 5.75 Å². The van der Waals surface area contributed by atoms with Crippen molar-refractivity contribution in [2.24, 2.45) is 0 Å². The van der Waals surface area contributed by atoms with Gasteiger partial charge in [0, 0.05) is 23.7 Å². The molecule has 0 unspecified atom stereocenters. The minimum atomic E-state index is -0.431. The van der Waals surface area contributed by atoms with E-state index in [2.05, 4.69) is 0 Å². The molecule has 0 bridgehead atoms. The summed E-state index contributed by atoms with van der Waals surface area (Å²) >= 11 is 0. The lowest BCUT2D eigenvalue weighted by molar-refractivity contribution is -0.385. The standard InChI is InChI=1S/C17H18N2O4/c1-3-18(12-14-7-4-5-10-16(14)19(21)22)17(20)13-8-6-9-15(11-13)23-2/h4-11H,3,12H2,1-2H3. The average Bonchev–Trinajstić information content (AvgIpc) is 2.59. The first-order valence-corrected chi connectivity index (χ1v) is 7.22. The Hall–Kier alpha value is -2.89. The fourth-order valence-electron chi connectivity index (χ4n) is 2.29. The molecule has 0 atom stereocenters. The Morgan fingerprint density at radius 2 is 1.96 bits per heavy atom. The highest BCUT2D eigenvalue weighted by Gasteiger charge is 2.19. The molecule has 6 nitrogen and oxygen atoms in total. The van der Waals surface area contributed by atoms with Crippen LogP contribution in [0, 0.1) is 10.1 Å². The van der Waals surface area contributed by atoms with Gasteiger partial charge in [-0.25, -0.2) is 0 Å². The first-order valence-electron chi connectivity index (χ1n) is 7.22. The largest absolute Gasteiger partial charge is 0.497 e. The molecule has 120 valence electrons. The SMILES string of the molecule is CCN(Cc1ccccc1[N+](=O)[O-])C(=O)c1cccc(OC)c1. The quantitative estimate of drug-likeness (QED) is 0.606. The molecule has 0 fully saturated rings. The summed E-state index contributed by atoms with van der Waals surface area (Å²) in [6, 6.07) is 13.3.